The molecule has 114 valence electrons. The molecule has 0 radical (unpaired) electrons. The number of phenolic OH excluding ortho intramolecular Hbond substituents is 1. The zero-order valence-electron chi connectivity index (χ0n) is 12.3. The maximum atomic E-state index is 13.9. The van der Waals surface area contributed by atoms with Crippen LogP contribution in [0, 0.1) is 5.82 Å². The number of amides is 1. The quantitative estimate of drug-likeness (QED) is 0.515. The molecule has 1 aromatic rings. The molecule has 0 spiro atoms. The Hall–Kier alpha value is -1.73. The number of hydrogen-bond donors (Lipinski definition) is 1. The Morgan fingerprint density at radius 2 is 1.95 bits per heavy atom. The maximum absolute atomic E-state index is 13.9. The summed E-state index contributed by atoms with van der Waals surface area (Å²) in [7, 11) is -1.26. The van der Waals surface area contributed by atoms with Crippen molar-refractivity contribution in [1.82, 2.24) is 0 Å². The van der Waals surface area contributed by atoms with E-state index in [4.69, 9.17) is 4.74 Å². The number of ketones is 1. The van der Waals surface area contributed by atoms with Crippen molar-refractivity contribution < 1.29 is 23.8 Å². The average molecular weight is 311 g/mol. The first kappa shape index (κ1) is 15.7. The van der Waals surface area contributed by atoms with E-state index in [1.807, 2.05) is 0 Å². The summed E-state index contributed by atoms with van der Waals surface area (Å²) in [6.45, 7) is 6.88. The Labute approximate surface area is 123 Å². The van der Waals surface area contributed by atoms with Gasteiger partial charge >= 0.3 is 5.91 Å². The third kappa shape index (κ3) is 3.30. The van der Waals surface area contributed by atoms with Gasteiger partial charge in [0.05, 0.1) is 11.3 Å². The van der Waals surface area contributed by atoms with Crippen molar-refractivity contribution in [1.29, 1.82) is 0 Å². The Morgan fingerprint density at radius 1 is 1.29 bits per heavy atom. The molecule has 0 saturated heterocycles. The minimum atomic E-state index is -1.26. The van der Waals surface area contributed by atoms with Crippen molar-refractivity contribution in [2.75, 3.05) is 18.2 Å². The van der Waals surface area contributed by atoms with Crippen LogP contribution in [0.3, 0.4) is 0 Å². The molecule has 0 unspecified atom stereocenters. The summed E-state index contributed by atoms with van der Waals surface area (Å²) in [5, 5.41) is 9.32. The van der Waals surface area contributed by atoms with Gasteiger partial charge in [-0.05, 0) is 12.1 Å². The van der Waals surface area contributed by atoms with Crippen LogP contribution in [0.5, 0.6) is 5.75 Å². The number of benzene rings is 1. The second-order valence-corrected chi connectivity index (χ2v) is 11.9. The van der Waals surface area contributed by atoms with Crippen LogP contribution >= 0.6 is 0 Å². The number of nitrogens with zero attached hydrogens (tertiary/aromatic N) is 1. The van der Waals surface area contributed by atoms with Gasteiger partial charge in [-0.1, -0.05) is 19.6 Å². The summed E-state index contributed by atoms with van der Waals surface area (Å²) in [6.07, 6.45) is 0. The fraction of sp³-hybridized carbons (Fsp3) is 0.429. The molecule has 21 heavy (non-hydrogen) atoms. The third-order valence-corrected chi connectivity index (χ3v) is 4.92. The molecular weight excluding hydrogens is 293 g/mol. The fourth-order valence-electron chi connectivity index (χ4n) is 2.03. The molecule has 0 bridgehead atoms. The van der Waals surface area contributed by atoms with E-state index >= 15 is 0 Å². The monoisotopic (exact) mass is 311 g/mol. The number of fused-ring (bicyclic) bond motifs is 1. The minimum Gasteiger partial charge on any atom is -0.508 e. The number of carbonyl (C=O) groups excluding carboxylic acids is 2. The van der Waals surface area contributed by atoms with Crippen molar-refractivity contribution in [3.8, 4) is 5.75 Å². The van der Waals surface area contributed by atoms with Crippen LogP contribution in [0.25, 0.3) is 0 Å². The van der Waals surface area contributed by atoms with Gasteiger partial charge in [0, 0.05) is 20.7 Å². The van der Waals surface area contributed by atoms with Gasteiger partial charge in [-0.15, -0.1) is 0 Å². The zero-order valence-corrected chi connectivity index (χ0v) is 13.3. The first-order valence-electron chi connectivity index (χ1n) is 6.67. The normalized spacial score (nSPS) is 14.8. The topological polar surface area (TPSA) is 66.8 Å². The summed E-state index contributed by atoms with van der Waals surface area (Å²) in [5.74, 6) is -2.84. The van der Waals surface area contributed by atoms with Crippen LogP contribution in [0.4, 0.5) is 10.1 Å². The number of halogens is 1. The van der Waals surface area contributed by atoms with Crippen LogP contribution in [0.1, 0.15) is 10.4 Å². The SMILES string of the molecule is C[Si](C)(C)CCOCN1C(=O)C(=O)c2cc(O)cc(F)c21. The summed E-state index contributed by atoms with van der Waals surface area (Å²) in [4.78, 5) is 24.6. The van der Waals surface area contributed by atoms with Crippen molar-refractivity contribution in [3.05, 3.63) is 23.5 Å². The second kappa shape index (κ2) is 5.57. The predicted octanol–water partition coefficient (Wildman–Crippen LogP) is 2.37. The Kier molecular flexibility index (Phi) is 4.15. The highest BCUT2D eigenvalue weighted by molar-refractivity contribution is 6.76. The molecule has 1 amide bonds. The Morgan fingerprint density at radius 3 is 2.57 bits per heavy atom. The van der Waals surface area contributed by atoms with E-state index in [1.165, 1.54) is 0 Å². The van der Waals surface area contributed by atoms with Crippen LogP contribution in [-0.4, -0.2) is 38.2 Å². The van der Waals surface area contributed by atoms with E-state index in [1.54, 1.807) is 0 Å². The summed E-state index contributed by atoms with van der Waals surface area (Å²) in [6, 6.07) is 2.88. The fourth-order valence-corrected chi connectivity index (χ4v) is 2.79. The van der Waals surface area contributed by atoms with Crippen LogP contribution < -0.4 is 4.90 Å². The van der Waals surface area contributed by atoms with Crippen LogP contribution in [0.15, 0.2) is 12.1 Å². The highest BCUT2D eigenvalue weighted by Gasteiger charge is 2.38. The molecular formula is C14H18FNO4Si. The lowest BCUT2D eigenvalue weighted by Gasteiger charge is -2.19. The lowest BCUT2D eigenvalue weighted by Crippen LogP contribution is -2.33. The van der Waals surface area contributed by atoms with Gasteiger partial charge in [0.25, 0.3) is 5.78 Å². The standard InChI is InChI=1S/C14H18FNO4Si/c1-21(2,3)5-4-20-8-16-12-10(13(18)14(16)19)6-9(17)7-11(12)15/h6-7,17H,4-5,8H2,1-3H3. The molecule has 7 heteroatoms. The zero-order chi connectivity index (χ0) is 15.8. The van der Waals surface area contributed by atoms with Gasteiger partial charge < -0.3 is 9.84 Å². The smallest absolute Gasteiger partial charge is 0.301 e. The molecule has 5 nitrogen and oxygen atoms in total. The van der Waals surface area contributed by atoms with Gasteiger partial charge in [-0.25, -0.2) is 4.39 Å². The largest absolute Gasteiger partial charge is 0.508 e. The van der Waals surface area contributed by atoms with E-state index in [2.05, 4.69) is 19.6 Å². The summed E-state index contributed by atoms with van der Waals surface area (Å²) < 4.78 is 19.3. The molecule has 0 aromatic heterocycles. The number of anilines is 1. The van der Waals surface area contributed by atoms with Gasteiger partial charge in [0.2, 0.25) is 0 Å². The number of Topliss-reactive ketones (excluding diaryl/α,β-unsaturated/α-hetero) is 1. The van der Waals surface area contributed by atoms with E-state index in [9.17, 15) is 19.1 Å². The third-order valence-electron chi connectivity index (χ3n) is 3.22. The number of ether oxygens (including phenoxy) is 1. The molecule has 0 fully saturated rings. The van der Waals surface area contributed by atoms with Gasteiger partial charge in [0.15, 0.2) is 5.82 Å². The highest BCUT2D eigenvalue weighted by Crippen LogP contribution is 2.34. The number of hydrogen-bond acceptors (Lipinski definition) is 4. The van der Waals surface area contributed by atoms with Crippen molar-refractivity contribution >= 4 is 25.5 Å². The molecule has 1 aliphatic rings. The molecule has 2 rings (SSSR count). The van der Waals surface area contributed by atoms with Crippen molar-refractivity contribution in [3.63, 3.8) is 0 Å². The molecule has 0 saturated carbocycles. The molecule has 0 aliphatic carbocycles. The first-order chi connectivity index (χ1) is 9.70. The minimum absolute atomic E-state index is 0.115. The highest BCUT2D eigenvalue weighted by atomic mass is 28.3. The molecule has 1 aliphatic heterocycles. The number of phenols is 1. The van der Waals surface area contributed by atoms with Crippen molar-refractivity contribution in [2.45, 2.75) is 25.7 Å². The Bertz CT molecular complexity index is 597. The van der Waals surface area contributed by atoms with Gasteiger partial charge in [-0.2, -0.15) is 0 Å². The number of rotatable bonds is 5. The van der Waals surface area contributed by atoms with Gasteiger partial charge in [-0.3, -0.25) is 14.5 Å². The first-order valence-corrected chi connectivity index (χ1v) is 10.4. The number of carbonyl (C=O) groups is 2. The second-order valence-electron chi connectivity index (χ2n) is 6.23. The molecule has 1 heterocycles. The summed E-state index contributed by atoms with van der Waals surface area (Å²) >= 11 is 0. The van der Waals surface area contributed by atoms with Crippen LogP contribution in [-0.2, 0) is 9.53 Å². The van der Waals surface area contributed by atoms with Crippen LogP contribution in [0.2, 0.25) is 25.7 Å². The van der Waals surface area contributed by atoms with E-state index in [0.29, 0.717) is 6.61 Å². The Balaban J connectivity index is 2.12. The molecule has 1 aromatic carbocycles. The predicted molar refractivity (Wildman–Crippen MR) is 78.9 cm³/mol. The van der Waals surface area contributed by atoms with Crippen molar-refractivity contribution in [2.24, 2.45) is 0 Å². The van der Waals surface area contributed by atoms with E-state index in [0.717, 1.165) is 23.1 Å². The van der Waals surface area contributed by atoms with E-state index < -0.39 is 25.6 Å². The van der Waals surface area contributed by atoms with E-state index in [-0.39, 0.29) is 23.7 Å². The summed E-state index contributed by atoms with van der Waals surface area (Å²) in [5.41, 5.74) is -0.234. The number of aromatic hydroxyl groups is 1. The molecule has 1 N–H and O–H groups in total. The lowest BCUT2D eigenvalue weighted by molar-refractivity contribution is -0.115. The van der Waals surface area contributed by atoms with Gasteiger partial charge in [0.1, 0.15) is 12.5 Å². The average Bonchev–Trinajstić information content (AvgIpc) is 2.58. The molecule has 0 atom stereocenters. The lowest BCUT2D eigenvalue weighted by atomic mass is 10.1. The maximum Gasteiger partial charge on any atom is 0.301 e.